The fraction of sp³-hybridized carbons (Fsp3) is 1.00. The molecule has 0 amide bonds. The number of rotatable bonds is 5. The number of hydrogen-bond donors (Lipinski definition) is 1. The van der Waals surface area contributed by atoms with Gasteiger partial charge in [-0.2, -0.15) is 0 Å². The molecule has 1 saturated heterocycles. The Hall–Kier alpha value is -0.130. The van der Waals surface area contributed by atoms with Gasteiger partial charge in [0.1, 0.15) is 0 Å². The van der Waals surface area contributed by atoms with E-state index in [1.807, 2.05) is 0 Å². The summed E-state index contributed by atoms with van der Waals surface area (Å²) in [6, 6.07) is -0.208. The van der Waals surface area contributed by atoms with Crippen molar-refractivity contribution in [3.8, 4) is 0 Å². The van der Waals surface area contributed by atoms with Gasteiger partial charge in [-0.15, -0.1) is 0 Å². The summed E-state index contributed by atoms with van der Waals surface area (Å²) in [5, 5.41) is -0.383. The lowest BCUT2D eigenvalue weighted by Crippen LogP contribution is -2.49. The summed E-state index contributed by atoms with van der Waals surface area (Å²) >= 11 is 0. The van der Waals surface area contributed by atoms with Crippen LogP contribution in [0.4, 0.5) is 0 Å². The SMILES string of the molecule is CCC(C)(C)C1CCC(N)C(S(=O)(=O)CC2CCCO2)C1. The minimum Gasteiger partial charge on any atom is -0.377 e. The number of hydrogen-bond acceptors (Lipinski definition) is 4. The molecule has 1 aliphatic carbocycles. The first-order valence-electron chi connectivity index (χ1n) is 8.35. The maximum absolute atomic E-state index is 12.8. The van der Waals surface area contributed by atoms with Gasteiger partial charge >= 0.3 is 0 Å². The van der Waals surface area contributed by atoms with Crippen LogP contribution in [-0.2, 0) is 14.6 Å². The van der Waals surface area contributed by atoms with Crippen LogP contribution in [0, 0.1) is 11.3 Å². The highest BCUT2D eigenvalue weighted by Crippen LogP contribution is 2.42. The molecule has 4 atom stereocenters. The van der Waals surface area contributed by atoms with E-state index in [1.165, 1.54) is 0 Å². The number of ether oxygens (including phenoxy) is 1. The van der Waals surface area contributed by atoms with Crippen molar-refractivity contribution in [3.63, 3.8) is 0 Å². The predicted octanol–water partition coefficient (Wildman–Crippen LogP) is 2.51. The highest BCUT2D eigenvalue weighted by Gasteiger charge is 2.42. The topological polar surface area (TPSA) is 69.4 Å². The summed E-state index contributed by atoms with van der Waals surface area (Å²) in [7, 11) is -3.17. The minimum atomic E-state index is -3.17. The second-order valence-electron chi connectivity index (χ2n) is 7.52. The normalized spacial score (nSPS) is 35.0. The van der Waals surface area contributed by atoms with E-state index in [1.54, 1.807) is 0 Å². The first-order chi connectivity index (χ1) is 9.76. The molecule has 5 heteroatoms. The first kappa shape index (κ1) is 17.2. The van der Waals surface area contributed by atoms with Crippen molar-refractivity contribution in [1.82, 2.24) is 0 Å². The molecule has 0 aromatic heterocycles. The highest BCUT2D eigenvalue weighted by atomic mass is 32.2. The van der Waals surface area contributed by atoms with Crippen LogP contribution in [0.2, 0.25) is 0 Å². The molecule has 2 N–H and O–H groups in total. The third-order valence-corrected chi connectivity index (χ3v) is 8.06. The molecular weight excluding hydrogens is 286 g/mol. The Morgan fingerprint density at radius 1 is 1.24 bits per heavy atom. The van der Waals surface area contributed by atoms with Crippen LogP contribution in [0.1, 0.15) is 59.3 Å². The van der Waals surface area contributed by atoms with Crippen LogP contribution in [0.5, 0.6) is 0 Å². The largest absolute Gasteiger partial charge is 0.377 e. The molecule has 2 rings (SSSR count). The van der Waals surface area contributed by atoms with Gasteiger partial charge < -0.3 is 10.5 Å². The van der Waals surface area contributed by atoms with Crippen LogP contribution in [-0.4, -0.2) is 38.2 Å². The second kappa shape index (κ2) is 6.55. The van der Waals surface area contributed by atoms with E-state index >= 15 is 0 Å². The molecular formula is C16H31NO3S. The summed E-state index contributed by atoms with van der Waals surface area (Å²) in [5.41, 5.74) is 6.36. The van der Waals surface area contributed by atoms with Gasteiger partial charge in [0.15, 0.2) is 9.84 Å². The molecule has 0 radical (unpaired) electrons. The molecule has 1 aliphatic heterocycles. The zero-order chi connectivity index (χ0) is 15.7. The van der Waals surface area contributed by atoms with Crippen LogP contribution in [0.3, 0.4) is 0 Å². The molecule has 4 unspecified atom stereocenters. The maximum Gasteiger partial charge on any atom is 0.157 e. The standard InChI is InChI=1S/C16H31NO3S/c1-4-16(2,3)12-7-8-14(17)15(10-12)21(18,19)11-13-6-5-9-20-13/h12-15H,4-11,17H2,1-3H3. The van der Waals surface area contributed by atoms with Gasteiger partial charge in [-0.05, 0) is 43.4 Å². The molecule has 0 bridgehead atoms. The Bertz CT molecular complexity index is 440. The van der Waals surface area contributed by atoms with Gasteiger partial charge in [-0.1, -0.05) is 27.2 Å². The van der Waals surface area contributed by atoms with E-state index in [4.69, 9.17) is 10.5 Å². The molecule has 2 fully saturated rings. The molecule has 124 valence electrons. The van der Waals surface area contributed by atoms with Crippen LogP contribution in [0.15, 0.2) is 0 Å². The third kappa shape index (κ3) is 3.99. The van der Waals surface area contributed by atoms with E-state index in [0.717, 1.165) is 38.5 Å². The van der Waals surface area contributed by atoms with E-state index in [-0.39, 0.29) is 28.6 Å². The highest BCUT2D eigenvalue weighted by molar-refractivity contribution is 7.92. The van der Waals surface area contributed by atoms with Crippen molar-refractivity contribution in [2.45, 2.75) is 76.7 Å². The van der Waals surface area contributed by atoms with E-state index in [9.17, 15) is 8.42 Å². The third-order valence-electron chi connectivity index (χ3n) is 5.76. The molecule has 2 aliphatic rings. The Kier molecular flexibility index (Phi) is 5.37. The van der Waals surface area contributed by atoms with Crippen LogP contribution in [0.25, 0.3) is 0 Å². The van der Waals surface area contributed by atoms with Gasteiger partial charge in [0.25, 0.3) is 0 Å². The molecule has 1 heterocycles. The fourth-order valence-electron chi connectivity index (χ4n) is 3.72. The summed E-state index contributed by atoms with van der Waals surface area (Å²) < 4.78 is 31.0. The summed E-state index contributed by atoms with van der Waals surface area (Å²) in [4.78, 5) is 0. The van der Waals surface area contributed by atoms with Crippen molar-refractivity contribution in [1.29, 1.82) is 0 Å². The van der Waals surface area contributed by atoms with Crippen molar-refractivity contribution in [2.75, 3.05) is 12.4 Å². The average molecular weight is 317 g/mol. The van der Waals surface area contributed by atoms with Crippen LogP contribution >= 0.6 is 0 Å². The average Bonchev–Trinajstić information content (AvgIpc) is 2.90. The molecule has 0 aromatic rings. The smallest absolute Gasteiger partial charge is 0.157 e. The van der Waals surface area contributed by atoms with Gasteiger partial charge in [0, 0.05) is 12.6 Å². The zero-order valence-electron chi connectivity index (χ0n) is 13.7. The van der Waals surface area contributed by atoms with Crippen molar-refractivity contribution in [2.24, 2.45) is 17.1 Å². The molecule has 0 spiro atoms. The first-order valence-corrected chi connectivity index (χ1v) is 10.1. The van der Waals surface area contributed by atoms with E-state index < -0.39 is 9.84 Å². The Balaban J connectivity index is 2.08. The van der Waals surface area contributed by atoms with Gasteiger partial charge in [-0.25, -0.2) is 8.42 Å². The van der Waals surface area contributed by atoms with Gasteiger partial charge in [0.2, 0.25) is 0 Å². The predicted molar refractivity (Wildman–Crippen MR) is 85.9 cm³/mol. The Labute approximate surface area is 129 Å². The monoisotopic (exact) mass is 317 g/mol. The second-order valence-corrected chi connectivity index (χ2v) is 9.78. The lowest BCUT2D eigenvalue weighted by atomic mass is 9.69. The summed E-state index contributed by atoms with van der Waals surface area (Å²) in [5.74, 6) is 0.608. The zero-order valence-corrected chi connectivity index (χ0v) is 14.5. The maximum atomic E-state index is 12.8. The van der Waals surface area contributed by atoms with Crippen molar-refractivity contribution in [3.05, 3.63) is 0 Å². The van der Waals surface area contributed by atoms with Crippen LogP contribution < -0.4 is 5.73 Å². The molecule has 4 nitrogen and oxygen atoms in total. The molecule has 1 saturated carbocycles. The lowest BCUT2D eigenvalue weighted by Gasteiger charge is -2.41. The Morgan fingerprint density at radius 3 is 2.52 bits per heavy atom. The van der Waals surface area contributed by atoms with Gasteiger partial charge in [-0.3, -0.25) is 0 Å². The van der Waals surface area contributed by atoms with E-state index in [0.29, 0.717) is 12.5 Å². The number of nitrogens with two attached hydrogens (primary N) is 1. The molecule has 21 heavy (non-hydrogen) atoms. The summed E-state index contributed by atoms with van der Waals surface area (Å²) in [6.07, 6.45) is 5.40. The van der Waals surface area contributed by atoms with E-state index in [2.05, 4.69) is 20.8 Å². The van der Waals surface area contributed by atoms with Gasteiger partial charge in [0.05, 0.1) is 17.1 Å². The number of sulfone groups is 1. The summed E-state index contributed by atoms with van der Waals surface area (Å²) in [6.45, 7) is 7.38. The Morgan fingerprint density at radius 2 is 1.95 bits per heavy atom. The minimum absolute atomic E-state index is 0.109. The molecule has 0 aromatic carbocycles. The van der Waals surface area contributed by atoms with Crippen molar-refractivity contribution < 1.29 is 13.2 Å². The quantitative estimate of drug-likeness (QED) is 0.846. The van der Waals surface area contributed by atoms with Crippen molar-refractivity contribution >= 4 is 9.84 Å². The lowest BCUT2D eigenvalue weighted by molar-refractivity contribution is 0.125. The fourth-order valence-corrected chi connectivity index (χ4v) is 5.94.